The van der Waals surface area contributed by atoms with E-state index in [1.54, 1.807) is 0 Å². The van der Waals surface area contributed by atoms with Gasteiger partial charge in [0.25, 0.3) is 0 Å². The summed E-state index contributed by atoms with van der Waals surface area (Å²) in [6.07, 6.45) is 3.28. The Kier molecular flexibility index (Phi) is 5.19. The van der Waals surface area contributed by atoms with E-state index < -0.39 is 0 Å². The zero-order chi connectivity index (χ0) is 11.1. The van der Waals surface area contributed by atoms with Crippen molar-refractivity contribution >= 4 is 0 Å². The van der Waals surface area contributed by atoms with Crippen molar-refractivity contribution in [3.05, 3.63) is 29.8 Å². The van der Waals surface area contributed by atoms with Crippen LogP contribution in [0.3, 0.4) is 0 Å². The van der Waals surface area contributed by atoms with Gasteiger partial charge in [0, 0.05) is 6.54 Å². The second-order valence-corrected chi connectivity index (χ2v) is 3.73. The Morgan fingerprint density at radius 1 is 1.27 bits per heavy atom. The summed E-state index contributed by atoms with van der Waals surface area (Å²) in [5, 5.41) is 0. The molecule has 0 amide bonds. The van der Waals surface area contributed by atoms with Crippen LogP contribution in [-0.4, -0.2) is 12.6 Å². The molecular weight excluding hydrogens is 186 g/mol. The molecule has 0 bridgehead atoms. The number of para-hydroxylation sites is 1. The third kappa shape index (κ3) is 3.56. The third-order valence-corrected chi connectivity index (χ3v) is 2.52. The highest BCUT2D eigenvalue weighted by molar-refractivity contribution is 5.33. The minimum absolute atomic E-state index is 0.155. The van der Waals surface area contributed by atoms with Crippen LogP contribution in [0.2, 0.25) is 0 Å². The zero-order valence-corrected chi connectivity index (χ0v) is 9.70. The van der Waals surface area contributed by atoms with Crippen LogP contribution in [-0.2, 0) is 6.42 Å². The largest absolute Gasteiger partial charge is 0.489 e. The van der Waals surface area contributed by atoms with E-state index in [4.69, 9.17) is 10.5 Å². The molecule has 0 fully saturated rings. The summed E-state index contributed by atoms with van der Waals surface area (Å²) in [5.41, 5.74) is 6.93. The van der Waals surface area contributed by atoms with Crippen LogP contribution in [0.1, 0.15) is 32.3 Å². The van der Waals surface area contributed by atoms with Crippen molar-refractivity contribution in [1.82, 2.24) is 0 Å². The summed E-state index contributed by atoms with van der Waals surface area (Å²) >= 11 is 0. The Morgan fingerprint density at radius 2 is 2.00 bits per heavy atom. The molecule has 2 N–H and O–H groups in total. The van der Waals surface area contributed by atoms with E-state index >= 15 is 0 Å². The fourth-order valence-corrected chi connectivity index (χ4v) is 1.64. The predicted molar refractivity (Wildman–Crippen MR) is 64.2 cm³/mol. The number of hydrogen-bond donors (Lipinski definition) is 1. The van der Waals surface area contributed by atoms with E-state index in [1.165, 1.54) is 5.56 Å². The summed E-state index contributed by atoms with van der Waals surface area (Å²) < 4.78 is 5.90. The van der Waals surface area contributed by atoms with Gasteiger partial charge in [0.05, 0.1) is 0 Å². The highest BCUT2D eigenvalue weighted by atomic mass is 16.5. The van der Waals surface area contributed by atoms with Gasteiger partial charge in [-0.1, -0.05) is 38.5 Å². The molecule has 84 valence electrons. The highest BCUT2D eigenvalue weighted by Crippen LogP contribution is 2.20. The topological polar surface area (TPSA) is 35.2 Å². The molecule has 0 aromatic heterocycles. The van der Waals surface area contributed by atoms with Crippen LogP contribution in [0.15, 0.2) is 24.3 Å². The molecule has 2 heteroatoms. The van der Waals surface area contributed by atoms with Gasteiger partial charge in [-0.25, -0.2) is 0 Å². The Balaban J connectivity index is 2.69. The normalized spacial score (nSPS) is 12.5. The number of benzene rings is 1. The van der Waals surface area contributed by atoms with E-state index in [9.17, 15) is 0 Å². The molecule has 0 spiro atoms. The Hall–Kier alpha value is -1.02. The number of ether oxygens (including phenoxy) is 1. The Morgan fingerprint density at radius 3 is 2.60 bits per heavy atom. The standard InChI is InChI=1S/C13H21NO/c1-3-7-12(10-14)15-13-9-6-5-8-11(13)4-2/h5-6,8-9,12H,3-4,7,10,14H2,1-2H3. The monoisotopic (exact) mass is 207 g/mol. The van der Waals surface area contributed by atoms with Gasteiger partial charge < -0.3 is 10.5 Å². The van der Waals surface area contributed by atoms with Gasteiger partial charge in [-0.2, -0.15) is 0 Å². The summed E-state index contributed by atoms with van der Waals surface area (Å²) in [7, 11) is 0. The molecule has 0 saturated heterocycles. The Bertz CT molecular complexity index is 286. The molecule has 1 atom stereocenters. The lowest BCUT2D eigenvalue weighted by molar-refractivity contribution is 0.196. The molecule has 15 heavy (non-hydrogen) atoms. The Labute approximate surface area is 92.4 Å². The predicted octanol–water partition coefficient (Wildman–Crippen LogP) is 2.76. The lowest BCUT2D eigenvalue weighted by Crippen LogP contribution is -2.26. The van der Waals surface area contributed by atoms with Gasteiger partial charge in [-0.3, -0.25) is 0 Å². The summed E-state index contributed by atoms with van der Waals surface area (Å²) in [6, 6.07) is 8.18. The first-order chi connectivity index (χ1) is 7.31. The summed E-state index contributed by atoms with van der Waals surface area (Å²) in [6.45, 7) is 4.88. The maximum Gasteiger partial charge on any atom is 0.122 e. The van der Waals surface area contributed by atoms with Crippen LogP contribution in [0.25, 0.3) is 0 Å². The first kappa shape index (κ1) is 12.1. The summed E-state index contributed by atoms with van der Waals surface area (Å²) in [4.78, 5) is 0. The fourth-order valence-electron chi connectivity index (χ4n) is 1.64. The molecule has 0 aliphatic rings. The maximum absolute atomic E-state index is 5.90. The van der Waals surface area contributed by atoms with Gasteiger partial charge in [-0.05, 0) is 24.5 Å². The van der Waals surface area contributed by atoms with E-state index in [0.717, 1.165) is 25.0 Å². The second kappa shape index (κ2) is 6.46. The SMILES string of the molecule is CCCC(CN)Oc1ccccc1CC. The van der Waals surface area contributed by atoms with E-state index in [1.807, 2.05) is 18.2 Å². The van der Waals surface area contributed by atoms with Crippen molar-refractivity contribution in [2.24, 2.45) is 5.73 Å². The average Bonchev–Trinajstić information content (AvgIpc) is 2.29. The van der Waals surface area contributed by atoms with Crippen LogP contribution in [0.5, 0.6) is 5.75 Å². The van der Waals surface area contributed by atoms with Crippen molar-refractivity contribution < 1.29 is 4.74 Å². The number of rotatable bonds is 6. The van der Waals surface area contributed by atoms with Gasteiger partial charge in [0.2, 0.25) is 0 Å². The lowest BCUT2D eigenvalue weighted by atomic mass is 10.1. The quantitative estimate of drug-likeness (QED) is 0.778. The van der Waals surface area contributed by atoms with Crippen molar-refractivity contribution in [3.8, 4) is 5.75 Å². The molecule has 1 unspecified atom stereocenters. The first-order valence-corrected chi connectivity index (χ1v) is 5.76. The number of aryl methyl sites for hydroxylation is 1. The lowest BCUT2D eigenvalue weighted by Gasteiger charge is -2.18. The number of nitrogens with two attached hydrogens (primary N) is 1. The van der Waals surface area contributed by atoms with Crippen molar-refractivity contribution in [3.63, 3.8) is 0 Å². The molecular formula is C13H21NO. The van der Waals surface area contributed by atoms with Crippen molar-refractivity contribution in [2.75, 3.05) is 6.54 Å². The molecule has 1 rings (SSSR count). The van der Waals surface area contributed by atoms with Gasteiger partial charge in [-0.15, -0.1) is 0 Å². The maximum atomic E-state index is 5.90. The van der Waals surface area contributed by atoms with Gasteiger partial charge in [0.1, 0.15) is 11.9 Å². The summed E-state index contributed by atoms with van der Waals surface area (Å²) in [5.74, 6) is 0.990. The van der Waals surface area contributed by atoms with Crippen LogP contribution >= 0.6 is 0 Å². The molecule has 2 nitrogen and oxygen atoms in total. The van der Waals surface area contributed by atoms with Crippen molar-refractivity contribution in [2.45, 2.75) is 39.2 Å². The van der Waals surface area contributed by atoms with Crippen LogP contribution < -0.4 is 10.5 Å². The van der Waals surface area contributed by atoms with E-state index in [2.05, 4.69) is 19.9 Å². The third-order valence-electron chi connectivity index (χ3n) is 2.52. The zero-order valence-electron chi connectivity index (χ0n) is 9.70. The van der Waals surface area contributed by atoms with E-state index in [-0.39, 0.29) is 6.10 Å². The minimum atomic E-state index is 0.155. The molecule has 0 saturated carbocycles. The van der Waals surface area contributed by atoms with Gasteiger partial charge >= 0.3 is 0 Å². The van der Waals surface area contributed by atoms with Crippen LogP contribution in [0.4, 0.5) is 0 Å². The highest BCUT2D eigenvalue weighted by Gasteiger charge is 2.09. The minimum Gasteiger partial charge on any atom is -0.489 e. The molecule has 0 heterocycles. The van der Waals surface area contributed by atoms with Crippen LogP contribution in [0, 0.1) is 0 Å². The molecule has 1 aromatic rings. The molecule has 0 aliphatic heterocycles. The molecule has 1 aromatic carbocycles. The number of hydrogen-bond acceptors (Lipinski definition) is 2. The van der Waals surface area contributed by atoms with Gasteiger partial charge in [0.15, 0.2) is 0 Å². The molecule has 0 aliphatic carbocycles. The fraction of sp³-hybridized carbons (Fsp3) is 0.538. The second-order valence-electron chi connectivity index (χ2n) is 3.73. The average molecular weight is 207 g/mol. The smallest absolute Gasteiger partial charge is 0.122 e. The molecule has 0 radical (unpaired) electrons. The van der Waals surface area contributed by atoms with E-state index in [0.29, 0.717) is 6.54 Å². The van der Waals surface area contributed by atoms with Crippen molar-refractivity contribution in [1.29, 1.82) is 0 Å². The first-order valence-electron chi connectivity index (χ1n) is 5.76.